The van der Waals surface area contributed by atoms with Gasteiger partial charge in [0, 0.05) is 0 Å². The molecule has 1 aromatic carbocycles. The van der Waals surface area contributed by atoms with Gasteiger partial charge in [-0.1, -0.05) is 17.7 Å². The molecule has 0 radical (unpaired) electrons. The highest BCUT2D eigenvalue weighted by Gasteiger charge is 2.16. The predicted molar refractivity (Wildman–Crippen MR) is 71.2 cm³/mol. The zero-order valence-electron chi connectivity index (χ0n) is 10.0. The maximum Gasteiger partial charge on any atom is 0.138 e. The van der Waals surface area contributed by atoms with E-state index < -0.39 is 0 Å². The van der Waals surface area contributed by atoms with Gasteiger partial charge in [0.2, 0.25) is 0 Å². The van der Waals surface area contributed by atoms with E-state index in [9.17, 15) is 0 Å². The molecule has 0 saturated carbocycles. The van der Waals surface area contributed by atoms with Crippen molar-refractivity contribution >= 4 is 11.6 Å². The molecule has 1 saturated heterocycles. The number of nitrogens with zero attached hydrogens (tertiary/aromatic N) is 3. The average molecular weight is 263 g/mol. The molecule has 1 N–H and O–H groups in total. The summed E-state index contributed by atoms with van der Waals surface area (Å²) in [5, 5.41) is 8.21. The molecule has 18 heavy (non-hydrogen) atoms. The van der Waals surface area contributed by atoms with Crippen molar-refractivity contribution in [3.05, 3.63) is 41.4 Å². The Morgan fingerprint density at radius 3 is 2.78 bits per heavy atom. The normalized spacial score (nSPS) is 16.9. The molecular formula is C13H15ClN4. The number of aromatic nitrogens is 3. The summed E-state index contributed by atoms with van der Waals surface area (Å²) in [7, 11) is 0. The molecule has 0 amide bonds. The summed E-state index contributed by atoms with van der Waals surface area (Å²) in [5.41, 5.74) is 2.21. The maximum absolute atomic E-state index is 6.34. The van der Waals surface area contributed by atoms with Crippen LogP contribution in [-0.4, -0.2) is 27.9 Å². The summed E-state index contributed by atoms with van der Waals surface area (Å²) >= 11 is 6.34. The van der Waals surface area contributed by atoms with Crippen molar-refractivity contribution in [2.45, 2.75) is 18.8 Å². The Morgan fingerprint density at radius 1 is 1.28 bits per heavy atom. The molecule has 0 unspecified atom stereocenters. The van der Waals surface area contributed by atoms with E-state index in [1.54, 1.807) is 11.0 Å². The predicted octanol–water partition coefficient (Wildman–Crippen LogP) is 2.39. The molecule has 2 aromatic rings. The van der Waals surface area contributed by atoms with Crippen LogP contribution in [0.1, 0.15) is 24.3 Å². The molecule has 1 aromatic heterocycles. The molecule has 0 aliphatic carbocycles. The van der Waals surface area contributed by atoms with Crippen molar-refractivity contribution in [1.29, 1.82) is 0 Å². The minimum atomic E-state index is 0.619. The molecular weight excluding hydrogens is 248 g/mol. The molecule has 94 valence electrons. The largest absolute Gasteiger partial charge is 0.317 e. The number of hydrogen-bond donors (Lipinski definition) is 1. The van der Waals surface area contributed by atoms with Crippen molar-refractivity contribution < 1.29 is 0 Å². The average Bonchev–Trinajstić information content (AvgIpc) is 2.93. The van der Waals surface area contributed by atoms with Gasteiger partial charge in [-0.3, -0.25) is 0 Å². The lowest BCUT2D eigenvalue weighted by Crippen LogP contribution is -2.26. The van der Waals surface area contributed by atoms with Crippen LogP contribution in [0.5, 0.6) is 0 Å². The highest BCUT2D eigenvalue weighted by molar-refractivity contribution is 6.32. The standard InChI is InChI=1S/C13H15ClN4/c14-12-7-11(10-3-5-15-6-4-10)1-2-13(12)18-9-16-8-17-18/h1-2,7-10,15H,3-6H2. The summed E-state index contributed by atoms with van der Waals surface area (Å²) in [6, 6.07) is 6.24. The van der Waals surface area contributed by atoms with Crippen LogP contribution in [0.2, 0.25) is 5.02 Å². The third kappa shape index (κ3) is 2.26. The Hall–Kier alpha value is -1.39. The smallest absolute Gasteiger partial charge is 0.138 e. The Labute approximate surface area is 111 Å². The first kappa shape index (κ1) is 11.7. The summed E-state index contributed by atoms with van der Waals surface area (Å²) in [4.78, 5) is 3.94. The molecule has 1 fully saturated rings. The minimum Gasteiger partial charge on any atom is -0.317 e. The van der Waals surface area contributed by atoms with Gasteiger partial charge >= 0.3 is 0 Å². The van der Waals surface area contributed by atoms with Crippen LogP contribution in [0.3, 0.4) is 0 Å². The van der Waals surface area contributed by atoms with Crippen LogP contribution >= 0.6 is 11.6 Å². The lowest BCUT2D eigenvalue weighted by atomic mass is 9.90. The van der Waals surface area contributed by atoms with Crippen LogP contribution < -0.4 is 5.32 Å². The van der Waals surface area contributed by atoms with E-state index in [0.29, 0.717) is 5.92 Å². The fraction of sp³-hybridized carbons (Fsp3) is 0.385. The van der Waals surface area contributed by atoms with Crippen LogP contribution in [0, 0.1) is 0 Å². The molecule has 1 aliphatic rings. The van der Waals surface area contributed by atoms with Crippen LogP contribution in [0.15, 0.2) is 30.9 Å². The van der Waals surface area contributed by atoms with Crippen LogP contribution in [0.25, 0.3) is 5.69 Å². The van der Waals surface area contributed by atoms with Gasteiger partial charge in [-0.05, 0) is 49.5 Å². The Kier molecular flexibility index (Phi) is 3.30. The van der Waals surface area contributed by atoms with Crippen molar-refractivity contribution in [3.8, 4) is 5.69 Å². The van der Waals surface area contributed by atoms with Gasteiger partial charge in [-0.2, -0.15) is 5.10 Å². The van der Waals surface area contributed by atoms with E-state index in [1.807, 2.05) is 6.07 Å². The monoisotopic (exact) mass is 262 g/mol. The Bertz CT molecular complexity index is 518. The van der Waals surface area contributed by atoms with E-state index in [2.05, 4.69) is 27.5 Å². The Morgan fingerprint density at radius 2 is 2.11 bits per heavy atom. The van der Waals surface area contributed by atoms with Gasteiger partial charge in [0.25, 0.3) is 0 Å². The van der Waals surface area contributed by atoms with E-state index in [0.717, 1.165) is 23.8 Å². The highest BCUT2D eigenvalue weighted by atomic mass is 35.5. The number of piperidine rings is 1. The zero-order valence-corrected chi connectivity index (χ0v) is 10.8. The molecule has 0 atom stereocenters. The minimum absolute atomic E-state index is 0.619. The fourth-order valence-corrected chi connectivity index (χ4v) is 2.73. The van der Waals surface area contributed by atoms with Gasteiger partial charge in [0.15, 0.2) is 0 Å². The first-order valence-electron chi connectivity index (χ1n) is 6.20. The third-order valence-corrected chi connectivity index (χ3v) is 3.75. The first-order chi connectivity index (χ1) is 8.84. The molecule has 5 heteroatoms. The molecule has 0 bridgehead atoms. The lowest BCUT2D eigenvalue weighted by molar-refractivity contribution is 0.460. The number of benzene rings is 1. The second kappa shape index (κ2) is 5.08. The van der Waals surface area contributed by atoms with Crippen molar-refractivity contribution in [3.63, 3.8) is 0 Å². The molecule has 2 heterocycles. The second-order valence-electron chi connectivity index (χ2n) is 4.58. The quantitative estimate of drug-likeness (QED) is 0.904. The number of halogens is 1. The maximum atomic E-state index is 6.34. The van der Waals surface area contributed by atoms with Crippen molar-refractivity contribution in [2.75, 3.05) is 13.1 Å². The summed E-state index contributed by atoms with van der Waals surface area (Å²) < 4.78 is 1.69. The van der Waals surface area contributed by atoms with E-state index in [1.165, 1.54) is 24.7 Å². The van der Waals surface area contributed by atoms with E-state index in [4.69, 9.17) is 11.6 Å². The SMILES string of the molecule is Clc1cc(C2CCNCC2)ccc1-n1cncn1. The number of nitrogens with one attached hydrogen (secondary N) is 1. The molecule has 1 aliphatic heterocycles. The second-order valence-corrected chi connectivity index (χ2v) is 4.98. The highest BCUT2D eigenvalue weighted by Crippen LogP contribution is 2.29. The van der Waals surface area contributed by atoms with Gasteiger partial charge in [-0.15, -0.1) is 0 Å². The van der Waals surface area contributed by atoms with Crippen LogP contribution in [0.4, 0.5) is 0 Å². The lowest BCUT2D eigenvalue weighted by Gasteiger charge is -2.23. The van der Waals surface area contributed by atoms with E-state index in [-0.39, 0.29) is 0 Å². The number of hydrogen-bond acceptors (Lipinski definition) is 3. The van der Waals surface area contributed by atoms with Gasteiger partial charge in [0.1, 0.15) is 12.7 Å². The van der Waals surface area contributed by atoms with Gasteiger partial charge in [0.05, 0.1) is 10.7 Å². The van der Waals surface area contributed by atoms with Crippen molar-refractivity contribution in [2.24, 2.45) is 0 Å². The molecule has 4 nitrogen and oxygen atoms in total. The summed E-state index contributed by atoms with van der Waals surface area (Å²) in [6.07, 6.45) is 5.53. The molecule has 0 spiro atoms. The van der Waals surface area contributed by atoms with E-state index >= 15 is 0 Å². The van der Waals surface area contributed by atoms with Crippen LogP contribution in [-0.2, 0) is 0 Å². The van der Waals surface area contributed by atoms with Gasteiger partial charge in [-0.25, -0.2) is 9.67 Å². The van der Waals surface area contributed by atoms with Gasteiger partial charge < -0.3 is 5.32 Å². The topological polar surface area (TPSA) is 42.7 Å². The number of rotatable bonds is 2. The summed E-state index contributed by atoms with van der Waals surface area (Å²) in [6.45, 7) is 2.18. The Balaban J connectivity index is 1.89. The molecule has 3 rings (SSSR count). The van der Waals surface area contributed by atoms with Crippen molar-refractivity contribution in [1.82, 2.24) is 20.1 Å². The fourth-order valence-electron chi connectivity index (χ4n) is 2.45. The summed E-state index contributed by atoms with van der Waals surface area (Å²) in [5.74, 6) is 0.619. The first-order valence-corrected chi connectivity index (χ1v) is 6.57. The zero-order chi connectivity index (χ0) is 12.4. The third-order valence-electron chi connectivity index (χ3n) is 3.45.